The molecule has 116 valence electrons. The summed E-state index contributed by atoms with van der Waals surface area (Å²) in [5.74, 6) is 0.808. The number of likely N-dealkylation sites (N-methyl/N-ethyl adjacent to an activating group) is 1. The highest BCUT2D eigenvalue weighted by Crippen LogP contribution is 2.22. The number of carbonyl (C=O) groups is 1. The first-order chi connectivity index (χ1) is 10.2. The third-order valence-electron chi connectivity index (χ3n) is 4.20. The number of carbonyl (C=O) groups excluding carboxylic acids is 1. The fourth-order valence-corrected chi connectivity index (χ4v) is 3.03. The largest absolute Gasteiger partial charge is 0.497 e. The van der Waals surface area contributed by atoms with Crippen molar-refractivity contribution in [1.82, 2.24) is 4.90 Å². The maximum Gasteiger partial charge on any atom is 0.238 e. The van der Waals surface area contributed by atoms with Crippen molar-refractivity contribution in [3.05, 3.63) is 24.3 Å². The summed E-state index contributed by atoms with van der Waals surface area (Å²) in [6.45, 7) is 3.53. The van der Waals surface area contributed by atoms with Gasteiger partial charge in [0.1, 0.15) is 5.75 Å². The van der Waals surface area contributed by atoms with Crippen LogP contribution in [-0.2, 0) is 4.79 Å². The van der Waals surface area contributed by atoms with E-state index >= 15 is 0 Å². The van der Waals surface area contributed by atoms with E-state index < -0.39 is 0 Å². The Morgan fingerprint density at radius 3 is 2.76 bits per heavy atom. The van der Waals surface area contributed by atoms with Crippen molar-refractivity contribution in [2.24, 2.45) is 0 Å². The lowest BCUT2D eigenvalue weighted by Crippen LogP contribution is -2.41. The van der Waals surface area contributed by atoms with Gasteiger partial charge in [-0.3, -0.25) is 9.69 Å². The van der Waals surface area contributed by atoms with E-state index in [1.165, 1.54) is 32.1 Å². The predicted molar refractivity (Wildman–Crippen MR) is 85.7 cm³/mol. The Labute approximate surface area is 127 Å². The van der Waals surface area contributed by atoms with E-state index in [0.29, 0.717) is 12.6 Å². The monoisotopic (exact) mass is 290 g/mol. The van der Waals surface area contributed by atoms with Crippen LogP contribution >= 0.6 is 0 Å². The summed E-state index contributed by atoms with van der Waals surface area (Å²) in [4.78, 5) is 14.5. The SMILES string of the molecule is CCN(CC(=O)Nc1cccc(OC)c1)C1CCCCC1. The normalized spacial score (nSPS) is 16.0. The van der Waals surface area contributed by atoms with Crippen molar-refractivity contribution in [1.29, 1.82) is 0 Å². The van der Waals surface area contributed by atoms with Crippen LogP contribution in [0, 0.1) is 0 Å². The average Bonchev–Trinajstić information content (AvgIpc) is 2.53. The molecule has 0 spiro atoms. The highest BCUT2D eigenvalue weighted by Gasteiger charge is 2.21. The number of hydrogen-bond donors (Lipinski definition) is 1. The number of benzene rings is 1. The molecule has 1 aromatic rings. The molecule has 1 aromatic carbocycles. The van der Waals surface area contributed by atoms with Gasteiger partial charge in [-0.1, -0.05) is 32.3 Å². The fraction of sp³-hybridized carbons (Fsp3) is 0.588. The summed E-state index contributed by atoms with van der Waals surface area (Å²) in [5.41, 5.74) is 0.791. The third kappa shape index (κ3) is 4.74. The minimum absolute atomic E-state index is 0.0516. The van der Waals surface area contributed by atoms with Crippen molar-refractivity contribution in [3.8, 4) is 5.75 Å². The van der Waals surface area contributed by atoms with Crippen molar-refractivity contribution in [2.75, 3.05) is 25.5 Å². The number of rotatable bonds is 6. The molecular weight excluding hydrogens is 264 g/mol. The maximum atomic E-state index is 12.2. The molecule has 0 unspecified atom stereocenters. The lowest BCUT2D eigenvalue weighted by atomic mass is 9.94. The molecule has 0 bridgehead atoms. The first-order valence-corrected chi connectivity index (χ1v) is 7.91. The molecule has 0 saturated heterocycles. The van der Waals surface area contributed by atoms with E-state index in [1.807, 2.05) is 24.3 Å². The molecule has 4 nitrogen and oxygen atoms in total. The molecule has 1 amide bonds. The van der Waals surface area contributed by atoms with Crippen LogP contribution in [-0.4, -0.2) is 37.0 Å². The van der Waals surface area contributed by atoms with E-state index in [2.05, 4.69) is 17.1 Å². The molecule has 1 fully saturated rings. The second kappa shape index (κ2) is 8.03. The Kier molecular flexibility index (Phi) is 6.05. The van der Waals surface area contributed by atoms with Crippen LogP contribution in [0.5, 0.6) is 5.75 Å². The summed E-state index contributed by atoms with van der Waals surface area (Å²) >= 11 is 0. The maximum absolute atomic E-state index is 12.2. The Bertz CT molecular complexity index is 456. The second-order valence-electron chi connectivity index (χ2n) is 5.64. The van der Waals surface area contributed by atoms with E-state index in [4.69, 9.17) is 4.74 Å². The molecule has 2 rings (SSSR count). The van der Waals surface area contributed by atoms with Crippen LogP contribution in [0.3, 0.4) is 0 Å². The molecule has 0 aromatic heterocycles. The second-order valence-corrected chi connectivity index (χ2v) is 5.64. The highest BCUT2D eigenvalue weighted by atomic mass is 16.5. The number of hydrogen-bond acceptors (Lipinski definition) is 3. The summed E-state index contributed by atoms with van der Waals surface area (Å²) in [7, 11) is 1.63. The summed E-state index contributed by atoms with van der Waals surface area (Å²) in [6.07, 6.45) is 6.36. The average molecular weight is 290 g/mol. The van der Waals surface area contributed by atoms with Crippen molar-refractivity contribution >= 4 is 11.6 Å². The Morgan fingerprint density at radius 1 is 1.33 bits per heavy atom. The van der Waals surface area contributed by atoms with Crippen LogP contribution in [0.25, 0.3) is 0 Å². The molecule has 1 saturated carbocycles. The zero-order valence-electron chi connectivity index (χ0n) is 13.1. The Hall–Kier alpha value is -1.55. The van der Waals surface area contributed by atoms with Gasteiger partial charge < -0.3 is 10.1 Å². The Morgan fingerprint density at radius 2 is 2.10 bits per heavy atom. The van der Waals surface area contributed by atoms with Crippen LogP contribution in [0.1, 0.15) is 39.0 Å². The molecule has 4 heteroatoms. The van der Waals surface area contributed by atoms with Crippen LogP contribution in [0.4, 0.5) is 5.69 Å². The smallest absolute Gasteiger partial charge is 0.238 e. The molecule has 1 aliphatic carbocycles. The number of nitrogens with one attached hydrogen (secondary N) is 1. The minimum Gasteiger partial charge on any atom is -0.497 e. The van der Waals surface area contributed by atoms with Gasteiger partial charge >= 0.3 is 0 Å². The van der Waals surface area contributed by atoms with Gasteiger partial charge in [0.2, 0.25) is 5.91 Å². The molecule has 0 atom stereocenters. The highest BCUT2D eigenvalue weighted by molar-refractivity contribution is 5.92. The minimum atomic E-state index is 0.0516. The van der Waals surface area contributed by atoms with Gasteiger partial charge in [-0.05, 0) is 31.5 Å². The summed E-state index contributed by atoms with van der Waals surface area (Å²) < 4.78 is 5.17. The van der Waals surface area contributed by atoms with E-state index in [0.717, 1.165) is 18.0 Å². The number of methoxy groups -OCH3 is 1. The molecule has 0 heterocycles. The standard InChI is InChI=1S/C17H26N2O2/c1-3-19(15-9-5-4-6-10-15)13-17(20)18-14-8-7-11-16(12-14)21-2/h7-8,11-12,15H,3-6,9-10,13H2,1-2H3,(H,18,20). The van der Waals surface area contributed by atoms with Crippen LogP contribution < -0.4 is 10.1 Å². The van der Waals surface area contributed by atoms with Crippen molar-refractivity contribution < 1.29 is 9.53 Å². The van der Waals surface area contributed by atoms with Gasteiger partial charge in [0.05, 0.1) is 13.7 Å². The van der Waals surface area contributed by atoms with Gasteiger partial charge in [0.25, 0.3) is 0 Å². The first-order valence-electron chi connectivity index (χ1n) is 7.91. The van der Waals surface area contributed by atoms with E-state index in [1.54, 1.807) is 7.11 Å². The van der Waals surface area contributed by atoms with Gasteiger partial charge in [0, 0.05) is 17.8 Å². The molecule has 0 aliphatic heterocycles. The topological polar surface area (TPSA) is 41.6 Å². The summed E-state index contributed by atoms with van der Waals surface area (Å²) in [6, 6.07) is 8.05. The quantitative estimate of drug-likeness (QED) is 0.874. The van der Waals surface area contributed by atoms with Crippen molar-refractivity contribution in [2.45, 2.75) is 45.1 Å². The van der Waals surface area contributed by atoms with Crippen LogP contribution in [0.2, 0.25) is 0 Å². The number of nitrogens with zero attached hydrogens (tertiary/aromatic N) is 1. The van der Waals surface area contributed by atoms with Gasteiger partial charge in [-0.25, -0.2) is 0 Å². The van der Waals surface area contributed by atoms with Gasteiger partial charge in [-0.2, -0.15) is 0 Å². The fourth-order valence-electron chi connectivity index (χ4n) is 3.03. The van der Waals surface area contributed by atoms with Gasteiger partial charge in [-0.15, -0.1) is 0 Å². The Balaban J connectivity index is 1.89. The summed E-state index contributed by atoms with van der Waals surface area (Å²) in [5, 5.41) is 2.96. The van der Waals surface area contributed by atoms with Crippen LogP contribution in [0.15, 0.2) is 24.3 Å². The van der Waals surface area contributed by atoms with E-state index in [9.17, 15) is 4.79 Å². The van der Waals surface area contributed by atoms with Gasteiger partial charge in [0.15, 0.2) is 0 Å². The third-order valence-corrected chi connectivity index (χ3v) is 4.20. The lowest BCUT2D eigenvalue weighted by Gasteiger charge is -2.32. The lowest BCUT2D eigenvalue weighted by molar-refractivity contribution is -0.118. The molecule has 21 heavy (non-hydrogen) atoms. The number of anilines is 1. The molecular formula is C17H26N2O2. The van der Waals surface area contributed by atoms with E-state index in [-0.39, 0.29) is 5.91 Å². The number of amides is 1. The molecule has 0 radical (unpaired) electrons. The first kappa shape index (κ1) is 15.8. The molecule has 1 N–H and O–H groups in total. The van der Waals surface area contributed by atoms with Crippen molar-refractivity contribution in [3.63, 3.8) is 0 Å². The number of ether oxygens (including phenoxy) is 1. The predicted octanol–water partition coefficient (Wildman–Crippen LogP) is 3.29. The molecule has 1 aliphatic rings. The zero-order chi connectivity index (χ0) is 15.1. The zero-order valence-corrected chi connectivity index (χ0v) is 13.1.